The van der Waals surface area contributed by atoms with Crippen LogP contribution in [0.15, 0.2) is 41.6 Å². The van der Waals surface area contributed by atoms with Crippen molar-refractivity contribution in [3.8, 4) is 5.95 Å². The smallest absolute Gasteiger partial charge is 0.342 e. The first-order chi connectivity index (χ1) is 15.8. The van der Waals surface area contributed by atoms with Crippen LogP contribution in [0.4, 0.5) is 19.1 Å². The minimum atomic E-state index is -4.86. The third-order valence-electron chi connectivity index (χ3n) is 4.58. The molecule has 0 spiro atoms. The summed E-state index contributed by atoms with van der Waals surface area (Å²) in [6.07, 6.45) is -1.17. The molecule has 2 heterocycles. The van der Waals surface area contributed by atoms with Gasteiger partial charge < -0.3 is 5.32 Å². The van der Waals surface area contributed by atoms with Gasteiger partial charge in [0.05, 0.1) is 23.6 Å². The second-order valence-corrected chi connectivity index (χ2v) is 9.14. The molecule has 1 atom stereocenters. The molecule has 11 nitrogen and oxygen atoms in total. The van der Waals surface area contributed by atoms with Gasteiger partial charge in [-0.1, -0.05) is 0 Å². The highest BCUT2D eigenvalue weighted by Gasteiger charge is 2.33. The molecule has 34 heavy (non-hydrogen) atoms. The Morgan fingerprint density at radius 1 is 1.21 bits per heavy atom. The van der Waals surface area contributed by atoms with Crippen molar-refractivity contribution >= 4 is 21.7 Å². The van der Waals surface area contributed by atoms with E-state index < -0.39 is 44.0 Å². The first kappa shape index (κ1) is 25.0. The summed E-state index contributed by atoms with van der Waals surface area (Å²) in [7, 11) is -1.09. The van der Waals surface area contributed by atoms with E-state index in [2.05, 4.69) is 25.4 Å². The van der Waals surface area contributed by atoms with Crippen LogP contribution in [0, 0.1) is 0 Å². The molecule has 0 aliphatic heterocycles. The number of nitrogens with one attached hydrogen (secondary N) is 1. The standard InChI is InChI=1S/C19H20F3N7O4S/c1-11(15-26-18(28(2)33-3)27-29(15)17-23-6-5-7-24-17)25-16(30)12-8-13(19(20,21)22)10-14(9-12)34(4,31)32/h5-11H,1-4H3,(H,25,30)/t11-/m0/s1. The van der Waals surface area contributed by atoms with Crippen molar-refractivity contribution in [3.05, 3.63) is 53.6 Å². The fourth-order valence-corrected chi connectivity index (χ4v) is 3.49. The van der Waals surface area contributed by atoms with E-state index in [1.54, 1.807) is 6.07 Å². The number of hydroxylamine groups is 1. The number of hydrogen-bond acceptors (Lipinski definition) is 9. The molecule has 3 aromatic rings. The predicted molar refractivity (Wildman–Crippen MR) is 113 cm³/mol. The van der Waals surface area contributed by atoms with Crippen molar-refractivity contribution in [1.29, 1.82) is 0 Å². The molecule has 1 aromatic carbocycles. The van der Waals surface area contributed by atoms with Gasteiger partial charge in [-0.25, -0.2) is 23.4 Å². The van der Waals surface area contributed by atoms with E-state index >= 15 is 0 Å². The monoisotopic (exact) mass is 499 g/mol. The van der Waals surface area contributed by atoms with Gasteiger partial charge in [-0.2, -0.15) is 22.8 Å². The summed E-state index contributed by atoms with van der Waals surface area (Å²) in [6.45, 7) is 1.52. The van der Waals surface area contributed by atoms with Crippen molar-refractivity contribution in [2.75, 3.05) is 25.5 Å². The number of aromatic nitrogens is 5. The number of alkyl halides is 3. The molecule has 182 valence electrons. The number of carbonyl (C=O) groups is 1. The van der Waals surface area contributed by atoms with Gasteiger partial charge in [-0.05, 0) is 31.2 Å². The van der Waals surface area contributed by atoms with Crippen LogP contribution in [-0.4, -0.2) is 59.5 Å². The number of halogens is 3. The highest BCUT2D eigenvalue weighted by atomic mass is 32.2. The quantitative estimate of drug-likeness (QED) is 0.485. The summed E-state index contributed by atoms with van der Waals surface area (Å²) in [4.78, 5) is 29.7. The second kappa shape index (κ2) is 9.34. The molecule has 3 rings (SSSR count). The Labute approximate surface area is 192 Å². The lowest BCUT2D eigenvalue weighted by atomic mass is 10.1. The molecule has 0 saturated carbocycles. The summed E-state index contributed by atoms with van der Waals surface area (Å²) < 4.78 is 64.9. The third kappa shape index (κ3) is 5.48. The SMILES string of the molecule is CON(C)c1nc([C@H](C)NC(=O)c2cc(C(F)(F)F)cc(S(C)(=O)=O)c2)n(-c2ncccn2)n1. The number of sulfone groups is 1. The van der Waals surface area contributed by atoms with Gasteiger partial charge in [-0.3, -0.25) is 9.63 Å². The summed E-state index contributed by atoms with van der Waals surface area (Å²) in [6, 6.07) is 2.61. The van der Waals surface area contributed by atoms with Crippen molar-refractivity contribution < 1.29 is 31.2 Å². The lowest BCUT2D eigenvalue weighted by Gasteiger charge is -2.15. The maximum Gasteiger partial charge on any atom is 0.416 e. The van der Waals surface area contributed by atoms with Gasteiger partial charge in [0.25, 0.3) is 17.8 Å². The first-order valence-corrected chi connectivity index (χ1v) is 11.5. The summed E-state index contributed by atoms with van der Waals surface area (Å²) >= 11 is 0. The molecular weight excluding hydrogens is 479 g/mol. The Morgan fingerprint density at radius 3 is 2.41 bits per heavy atom. The average molecular weight is 499 g/mol. The number of amides is 1. The molecule has 0 aliphatic carbocycles. The maximum absolute atomic E-state index is 13.3. The lowest BCUT2D eigenvalue weighted by molar-refractivity contribution is -0.137. The molecule has 0 radical (unpaired) electrons. The van der Waals surface area contributed by atoms with E-state index in [0.29, 0.717) is 12.1 Å². The topological polar surface area (TPSA) is 132 Å². The van der Waals surface area contributed by atoms with Gasteiger partial charge in [0.1, 0.15) is 0 Å². The number of benzene rings is 1. The molecule has 0 fully saturated rings. The Hall–Kier alpha value is -3.59. The van der Waals surface area contributed by atoms with Crippen LogP contribution in [-0.2, 0) is 20.9 Å². The largest absolute Gasteiger partial charge is 0.416 e. The lowest BCUT2D eigenvalue weighted by Crippen LogP contribution is -2.29. The molecule has 1 N–H and O–H groups in total. The third-order valence-corrected chi connectivity index (χ3v) is 5.67. The molecule has 2 aromatic heterocycles. The maximum atomic E-state index is 13.3. The predicted octanol–water partition coefficient (Wildman–Crippen LogP) is 1.97. The molecule has 0 unspecified atom stereocenters. The van der Waals surface area contributed by atoms with Crippen molar-refractivity contribution in [2.45, 2.75) is 24.0 Å². The van der Waals surface area contributed by atoms with Crippen molar-refractivity contribution in [1.82, 2.24) is 30.0 Å². The number of carbonyl (C=O) groups excluding carboxylic acids is 1. The Kier molecular flexibility index (Phi) is 6.88. The van der Waals surface area contributed by atoms with Crippen molar-refractivity contribution in [2.24, 2.45) is 0 Å². The Morgan fingerprint density at radius 2 is 1.85 bits per heavy atom. The van der Waals surface area contributed by atoms with Crippen molar-refractivity contribution in [3.63, 3.8) is 0 Å². The van der Waals surface area contributed by atoms with Gasteiger partial charge in [0, 0.05) is 31.3 Å². The summed E-state index contributed by atoms with van der Waals surface area (Å²) in [5.41, 5.74) is -1.75. The van der Waals surface area contributed by atoms with Gasteiger partial charge in [0.2, 0.25) is 0 Å². The van der Waals surface area contributed by atoms with Gasteiger partial charge >= 0.3 is 6.18 Å². The van der Waals surface area contributed by atoms with Gasteiger partial charge in [0.15, 0.2) is 15.7 Å². The molecular formula is C19H20F3N7O4S. The number of anilines is 1. The van der Waals surface area contributed by atoms with E-state index in [1.165, 1.54) is 43.2 Å². The summed E-state index contributed by atoms with van der Waals surface area (Å²) in [5, 5.41) is 8.00. The van der Waals surface area contributed by atoms with Crippen LogP contribution in [0.5, 0.6) is 0 Å². The number of nitrogens with zero attached hydrogens (tertiary/aromatic N) is 6. The van der Waals surface area contributed by atoms with E-state index in [4.69, 9.17) is 4.84 Å². The minimum absolute atomic E-state index is 0.101. The van der Waals surface area contributed by atoms with Crippen LogP contribution in [0.25, 0.3) is 5.95 Å². The number of hydrogen-bond donors (Lipinski definition) is 1. The van der Waals surface area contributed by atoms with E-state index in [1.807, 2.05) is 0 Å². The van der Waals surface area contributed by atoms with Crippen LogP contribution in [0.2, 0.25) is 0 Å². The molecule has 0 aliphatic rings. The molecule has 1 amide bonds. The molecule has 0 bridgehead atoms. The van der Waals surface area contributed by atoms with E-state index in [-0.39, 0.29) is 17.7 Å². The highest BCUT2D eigenvalue weighted by Crippen LogP contribution is 2.32. The minimum Gasteiger partial charge on any atom is -0.342 e. The zero-order chi connectivity index (χ0) is 25.3. The average Bonchev–Trinajstić information content (AvgIpc) is 3.23. The first-order valence-electron chi connectivity index (χ1n) is 9.56. The fourth-order valence-electron chi connectivity index (χ4n) is 2.81. The molecule has 0 saturated heterocycles. The van der Waals surface area contributed by atoms with Crippen LogP contribution in [0.3, 0.4) is 0 Å². The Balaban J connectivity index is 2.00. The fraction of sp³-hybridized carbons (Fsp3) is 0.316. The zero-order valence-corrected chi connectivity index (χ0v) is 19.2. The Bertz CT molecular complexity index is 1300. The zero-order valence-electron chi connectivity index (χ0n) is 18.4. The van der Waals surface area contributed by atoms with Gasteiger partial charge in [-0.15, -0.1) is 5.10 Å². The highest BCUT2D eigenvalue weighted by molar-refractivity contribution is 7.90. The van der Waals surface area contributed by atoms with E-state index in [9.17, 15) is 26.4 Å². The number of rotatable bonds is 7. The normalized spacial score (nSPS) is 12.9. The summed E-state index contributed by atoms with van der Waals surface area (Å²) in [5.74, 6) is -0.577. The van der Waals surface area contributed by atoms with Crippen LogP contribution >= 0.6 is 0 Å². The van der Waals surface area contributed by atoms with Crippen LogP contribution in [0.1, 0.15) is 34.7 Å². The van der Waals surface area contributed by atoms with Crippen LogP contribution < -0.4 is 10.4 Å². The van der Waals surface area contributed by atoms with E-state index in [0.717, 1.165) is 12.3 Å². The molecule has 15 heteroatoms. The second-order valence-electron chi connectivity index (χ2n) is 7.12.